The maximum Gasteiger partial charge on any atom is 0.303 e. The Morgan fingerprint density at radius 1 is 1.64 bits per heavy atom. The van der Waals surface area contributed by atoms with E-state index in [1.54, 1.807) is 7.11 Å². The van der Waals surface area contributed by atoms with Crippen LogP contribution in [0.4, 0.5) is 0 Å². The average molecular weight is 203 g/mol. The quantitative estimate of drug-likeness (QED) is 0.653. The van der Waals surface area contributed by atoms with Gasteiger partial charge in [-0.05, 0) is 18.3 Å². The van der Waals surface area contributed by atoms with Gasteiger partial charge in [-0.1, -0.05) is 13.8 Å². The smallest absolute Gasteiger partial charge is 0.303 e. The van der Waals surface area contributed by atoms with Gasteiger partial charge in [-0.15, -0.1) is 0 Å². The van der Waals surface area contributed by atoms with Gasteiger partial charge in [0.25, 0.3) is 0 Å². The Balaban J connectivity index is 4.39. The number of nitrogens with two attached hydrogens (primary N) is 1. The van der Waals surface area contributed by atoms with Crippen molar-refractivity contribution in [2.24, 2.45) is 11.1 Å². The Morgan fingerprint density at radius 3 is 2.57 bits per heavy atom. The predicted octanol–water partition coefficient (Wildman–Crippen LogP) is 1.24. The first-order valence-electron chi connectivity index (χ1n) is 4.92. The lowest BCUT2D eigenvalue weighted by atomic mass is 9.76. The predicted molar refractivity (Wildman–Crippen MR) is 55.1 cm³/mol. The first kappa shape index (κ1) is 13.4. The van der Waals surface area contributed by atoms with E-state index in [9.17, 15) is 4.79 Å². The summed E-state index contributed by atoms with van der Waals surface area (Å²) in [5, 5.41) is 8.80. The summed E-state index contributed by atoms with van der Waals surface area (Å²) in [6.07, 6.45) is 1.57. The molecule has 4 nitrogen and oxygen atoms in total. The molecule has 0 aromatic carbocycles. The lowest BCUT2D eigenvalue weighted by molar-refractivity contribution is -0.140. The van der Waals surface area contributed by atoms with Gasteiger partial charge in [-0.2, -0.15) is 0 Å². The van der Waals surface area contributed by atoms with Crippen LogP contribution < -0.4 is 5.73 Å². The topological polar surface area (TPSA) is 72.5 Å². The van der Waals surface area contributed by atoms with Crippen molar-refractivity contribution >= 4 is 5.97 Å². The summed E-state index contributed by atoms with van der Waals surface area (Å²) in [5.41, 5.74) is 5.56. The van der Waals surface area contributed by atoms with Crippen LogP contribution in [0.1, 0.15) is 33.1 Å². The molecule has 2 unspecified atom stereocenters. The van der Waals surface area contributed by atoms with Crippen LogP contribution in [0.2, 0.25) is 0 Å². The van der Waals surface area contributed by atoms with Gasteiger partial charge < -0.3 is 15.6 Å². The molecule has 0 saturated heterocycles. The molecular weight excluding hydrogens is 182 g/mol. The highest BCUT2D eigenvalue weighted by Gasteiger charge is 2.32. The molecule has 0 fully saturated rings. The second-order valence-electron chi connectivity index (χ2n) is 3.98. The molecule has 0 amide bonds. The van der Waals surface area contributed by atoms with Crippen LogP contribution in [0.5, 0.6) is 0 Å². The van der Waals surface area contributed by atoms with Crippen LogP contribution in [-0.2, 0) is 9.53 Å². The van der Waals surface area contributed by atoms with Crippen molar-refractivity contribution in [1.82, 2.24) is 0 Å². The van der Waals surface area contributed by atoms with E-state index in [1.807, 2.05) is 13.8 Å². The molecule has 0 aliphatic rings. The SMILES string of the molecule is CCC(N)C(C)(CCOC)CC(=O)O. The van der Waals surface area contributed by atoms with E-state index in [1.165, 1.54) is 0 Å². The molecule has 3 N–H and O–H groups in total. The second kappa shape index (κ2) is 5.98. The molecule has 0 aliphatic heterocycles. The van der Waals surface area contributed by atoms with E-state index in [0.717, 1.165) is 6.42 Å². The van der Waals surface area contributed by atoms with Crippen molar-refractivity contribution in [2.45, 2.75) is 39.2 Å². The zero-order valence-corrected chi connectivity index (χ0v) is 9.25. The number of methoxy groups -OCH3 is 1. The molecule has 0 aromatic rings. The zero-order chi connectivity index (χ0) is 11.2. The Hall–Kier alpha value is -0.610. The highest BCUT2D eigenvalue weighted by Crippen LogP contribution is 2.30. The molecule has 84 valence electrons. The lowest BCUT2D eigenvalue weighted by Gasteiger charge is -2.33. The van der Waals surface area contributed by atoms with E-state index in [-0.39, 0.29) is 17.9 Å². The van der Waals surface area contributed by atoms with Gasteiger partial charge in [-0.25, -0.2) is 0 Å². The summed E-state index contributed by atoms with van der Waals surface area (Å²) in [6, 6.07) is -0.0891. The molecule has 4 heteroatoms. The fourth-order valence-electron chi connectivity index (χ4n) is 1.58. The van der Waals surface area contributed by atoms with Crippen LogP contribution in [0, 0.1) is 5.41 Å². The van der Waals surface area contributed by atoms with Crippen molar-refractivity contribution in [2.75, 3.05) is 13.7 Å². The van der Waals surface area contributed by atoms with Gasteiger partial charge in [0.1, 0.15) is 0 Å². The molecule has 0 spiro atoms. The lowest BCUT2D eigenvalue weighted by Crippen LogP contribution is -2.41. The number of hydrogen-bond acceptors (Lipinski definition) is 3. The third-order valence-corrected chi connectivity index (χ3v) is 2.77. The average Bonchev–Trinajstić information content (AvgIpc) is 2.12. The minimum Gasteiger partial charge on any atom is -0.481 e. The van der Waals surface area contributed by atoms with Crippen molar-refractivity contribution in [3.8, 4) is 0 Å². The minimum atomic E-state index is -0.799. The van der Waals surface area contributed by atoms with Gasteiger partial charge in [0.05, 0.1) is 6.42 Å². The summed E-state index contributed by atoms with van der Waals surface area (Å²) < 4.78 is 4.97. The van der Waals surface area contributed by atoms with Crippen LogP contribution >= 0.6 is 0 Å². The normalized spacial score (nSPS) is 17.4. The molecule has 0 radical (unpaired) electrons. The van der Waals surface area contributed by atoms with Crippen LogP contribution in [0.3, 0.4) is 0 Å². The third kappa shape index (κ3) is 4.07. The molecule has 2 atom stereocenters. The summed E-state index contributed by atoms with van der Waals surface area (Å²) in [4.78, 5) is 10.7. The summed E-state index contributed by atoms with van der Waals surface area (Å²) in [6.45, 7) is 4.43. The van der Waals surface area contributed by atoms with E-state index in [4.69, 9.17) is 15.6 Å². The third-order valence-electron chi connectivity index (χ3n) is 2.77. The number of carbonyl (C=O) groups is 1. The summed E-state index contributed by atoms with van der Waals surface area (Å²) >= 11 is 0. The maximum absolute atomic E-state index is 10.7. The number of aliphatic carboxylic acids is 1. The fraction of sp³-hybridized carbons (Fsp3) is 0.900. The first-order valence-corrected chi connectivity index (χ1v) is 4.92. The molecule has 0 aromatic heterocycles. The van der Waals surface area contributed by atoms with Crippen LogP contribution in [-0.4, -0.2) is 30.8 Å². The number of carboxylic acids is 1. The molecule has 0 bridgehead atoms. The van der Waals surface area contributed by atoms with Gasteiger partial charge in [0, 0.05) is 19.8 Å². The van der Waals surface area contributed by atoms with Gasteiger partial charge in [-0.3, -0.25) is 4.79 Å². The van der Waals surface area contributed by atoms with Crippen molar-refractivity contribution in [1.29, 1.82) is 0 Å². The van der Waals surface area contributed by atoms with Crippen LogP contribution in [0.15, 0.2) is 0 Å². The number of rotatable bonds is 7. The number of hydrogen-bond donors (Lipinski definition) is 2. The van der Waals surface area contributed by atoms with Gasteiger partial charge in [0.2, 0.25) is 0 Å². The summed E-state index contributed by atoms with van der Waals surface area (Å²) in [5.74, 6) is -0.799. The van der Waals surface area contributed by atoms with Crippen LogP contribution in [0.25, 0.3) is 0 Å². The van der Waals surface area contributed by atoms with E-state index < -0.39 is 5.97 Å². The monoisotopic (exact) mass is 203 g/mol. The molecule has 0 rings (SSSR count). The summed E-state index contributed by atoms with van der Waals surface area (Å²) in [7, 11) is 1.61. The zero-order valence-electron chi connectivity index (χ0n) is 9.25. The van der Waals surface area contributed by atoms with Crippen molar-refractivity contribution in [3.05, 3.63) is 0 Å². The largest absolute Gasteiger partial charge is 0.481 e. The Kier molecular flexibility index (Phi) is 5.72. The maximum atomic E-state index is 10.7. The molecule has 0 heterocycles. The van der Waals surface area contributed by atoms with E-state index in [2.05, 4.69) is 0 Å². The Bertz CT molecular complexity index is 184. The number of ether oxygens (including phenoxy) is 1. The molecule has 14 heavy (non-hydrogen) atoms. The van der Waals surface area contributed by atoms with E-state index >= 15 is 0 Å². The fourth-order valence-corrected chi connectivity index (χ4v) is 1.58. The van der Waals surface area contributed by atoms with E-state index in [0.29, 0.717) is 13.0 Å². The van der Waals surface area contributed by atoms with Gasteiger partial charge in [0.15, 0.2) is 0 Å². The van der Waals surface area contributed by atoms with Crippen molar-refractivity contribution in [3.63, 3.8) is 0 Å². The number of carboxylic acid groups (broad SMARTS) is 1. The highest BCUT2D eigenvalue weighted by molar-refractivity contribution is 5.67. The molecular formula is C10H21NO3. The second-order valence-corrected chi connectivity index (χ2v) is 3.98. The standard InChI is InChI=1S/C10H21NO3/c1-4-8(11)10(2,5-6-14-3)7-9(12)13/h8H,4-7,11H2,1-3H3,(H,12,13). The molecule has 0 aliphatic carbocycles. The Labute approximate surface area is 85.4 Å². The minimum absolute atomic E-state index is 0.0891. The highest BCUT2D eigenvalue weighted by atomic mass is 16.5. The first-order chi connectivity index (χ1) is 6.46. The van der Waals surface area contributed by atoms with Crippen molar-refractivity contribution < 1.29 is 14.6 Å². The van der Waals surface area contributed by atoms with Gasteiger partial charge >= 0.3 is 5.97 Å². The molecule has 0 saturated carbocycles. The Morgan fingerprint density at radius 2 is 2.21 bits per heavy atom.